The minimum atomic E-state index is 0.326. The molecular formula is C15H26N4. The summed E-state index contributed by atoms with van der Waals surface area (Å²) in [5, 5.41) is 3.39. The van der Waals surface area contributed by atoms with Gasteiger partial charge < -0.3 is 15.1 Å². The number of nitrogens with one attached hydrogen (secondary N) is 1. The van der Waals surface area contributed by atoms with Crippen molar-refractivity contribution in [2.75, 3.05) is 38.6 Å². The zero-order valence-corrected chi connectivity index (χ0v) is 12.6. The van der Waals surface area contributed by atoms with Gasteiger partial charge in [-0.2, -0.15) is 0 Å². The topological polar surface area (TPSA) is 31.4 Å². The summed E-state index contributed by atoms with van der Waals surface area (Å²) in [7, 11) is 4.32. The van der Waals surface area contributed by atoms with Crippen molar-refractivity contribution in [2.24, 2.45) is 0 Å². The maximum atomic E-state index is 4.59. The van der Waals surface area contributed by atoms with Crippen LogP contribution in [0.2, 0.25) is 0 Å². The van der Waals surface area contributed by atoms with Crippen LogP contribution in [0.25, 0.3) is 0 Å². The predicted octanol–water partition coefficient (Wildman–Crippen LogP) is 1.89. The molecule has 2 heterocycles. The number of aromatic nitrogens is 1. The van der Waals surface area contributed by atoms with E-state index in [9.17, 15) is 0 Å². The summed E-state index contributed by atoms with van der Waals surface area (Å²) in [6.45, 7) is 7.49. The molecule has 4 nitrogen and oxygen atoms in total. The molecular weight excluding hydrogens is 236 g/mol. The summed E-state index contributed by atoms with van der Waals surface area (Å²) in [6, 6.07) is 5.34. The number of anilines is 1. The highest BCUT2D eigenvalue weighted by Gasteiger charge is 2.24. The molecule has 106 valence electrons. The van der Waals surface area contributed by atoms with Crippen molar-refractivity contribution in [2.45, 2.75) is 32.4 Å². The number of rotatable bonds is 5. The van der Waals surface area contributed by atoms with Gasteiger partial charge in [-0.05, 0) is 46.1 Å². The molecule has 1 N–H and O–H groups in total. The summed E-state index contributed by atoms with van der Waals surface area (Å²) in [4.78, 5) is 9.34. The van der Waals surface area contributed by atoms with Crippen LogP contribution in [0.15, 0.2) is 18.3 Å². The first-order valence-corrected chi connectivity index (χ1v) is 7.22. The van der Waals surface area contributed by atoms with Gasteiger partial charge in [0.1, 0.15) is 0 Å². The average Bonchev–Trinajstić information content (AvgIpc) is 2.89. The van der Waals surface area contributed by atoms with Gasteiger partial charge in [0.25, 0.3) is 0 Å². The van der Waals surface area contributed by atoms with E-state index in [1.165, 1.54) is 12.1 Å². The number of nitrogens with zero attached hydrogens (tertiary/aromatic N) is 3. The first-order valence-electron chi connectivity index (χ1n) is 7.22. The molecule has 1 aromatic rings. The molecule has 4 heteroatoms. The van der Waals surface area contributed by atoms with Gasteiger partial charge in [-0.1, -0.05) is 6.92 Å². The molecule has 0 saturated carbocycles. The molecule has 2 unspecified atom stereocenters. The molecule has 0 amide bonds. The smallest absolute Gasteiger partial charge is 0.0572 e. The highest BCUT2D eigenvalue weighted by Crippen LogP contribution is 2.22. The van der Waals surface area contributed by atoms with Crippen LogP contribution in [0.3, 0.4) is 0 Å². The fraction of sp³-hybridized carbons (Fsp3) is 0.667. The average molecular weight is 262 g/mol. The van der Waals surface area contributed by atoms with Gasteiger partial charge in [-0.15, -0.1) is 0 Å². The van der Waals surface area contributed by atoms with Crippen LogP contribution < -0.4 is 10.2 Å². The molecule has 0 spiro atoms. The molecule has 0 aromatic carbocycles. The van der Waals surface area contributed by atoms with Gasteiger partial charge >= 0.3 is 0 Å². The second-order valence-electron chi connectivity index (χ2n) is 5.57. The lowest BCUT2D eigenvalue weighted by Gasteiger charge is -2.22. The molecule has 2 rings (SSSR count). The fourth-order valence-corrected chi connectivity index (χ4v) is 2.65. The highest BCUT2D eigenvalue weighted by atomic mass is 15.2. The van der Waals surface area contributed by atoms with Gasteiger partial charge in [0.05, 0.1) is 17.6 Å². The third kappa shape index (κ3) is 3.45. The van der Waals surface area contributed by atoms with E-state index in [1.54, 1.807) is 0 Å². The van der Waals surface area contributed by atoms with Gasteiger partial charge in [-0.25, -0.2) is 0 Å². The first kappa shape index (κ1) is 14.3. The Bertz CT molecular complexity index is 388. The Morgan fingerprint density at radius 3 is 2.79 bits per heavy atom. The Kier molecular flexibility index (Phi) is 4.77. The SMILES string of the molecule is CCNC(C)c1ccc(N2CCC(N(C)C)C2)cn1. The third-order valence-electron chi connectivity index (χ3n) is 3.98. The minimum Gasteiger partial charge on any atom is -0.369 e. The Labute approximate surface area is 116 Å². The van der Waals surface area contributed by atoms with E-state index in [0.717, 1.165) is 25.3 Å². The van der Waals surface area contributed by atoms with Crippen molar-refractivity contribution >= 4 is 5.69 Å². The second kappa shape index (κ2) is 6.35. The van der Waals surface area contributed by atoms with Crippen LogP contribution in [-0.2, 0) is 0 Å². The van der Waals surface area contributed by atoms with Crippen molar-refractivity contribution in [3.8, 4) is 0 Å². The van der Waals surface area contributed by atoms with E-state index in [-0.39, 0.29) is 0 Å². The molecule has 1 saturated heterocycles. The van der Waals surface area contributed by atoms with Gasteiger partial charge in [0, 0.05) is 25.2 Å². The highest BCUT2D eigenvalue weighted by molar-refractivity contribution is 5.46. The van der Waals surface area contributed by atoms with Crippen LogP contribution in [0, 0.1) is 0 Å². The summed E-state index contributed by atoms with van der Waals surface area (Å²) in [5.41, 5.74) is 2.37. The largest absolute Gasteiger partial charge is 0.369 e. The van der Waals surface area contributed by atoms with Crippen molar-refractivity contribution < 1.29 is 0 Å². The van der Waals surface area contributed by atoms with Crippen LogP contribution in [0.4, 0.5) is 5.69 Å². The predicted molar refractivity (Wildman–Crippen MR) is 80.6 cm³/mol. The Morgan fingerprint density at radius 1 is 1.47 bits per heavy atom. The van der Waals surface area contributed by atoms with E-state index >= 15 is 0 Å². The lowest BCUT2D eigenvalue weighted by molar-refractivity contribution is 0.315. The zero-order valence-electron chi connectivity index (χ0n) is 12.6. The van der Waals surface area contributed by atoms with Crippen LogP contribution in [0.1, 0.15) is 32.0 Å². The molecule has 1 aromatic heterocycles. The van der Waals surface area contributed by atoms with Crippen LogP contribution in [0.5, 0.6) is 0 Å². The van der Waals surface area contributed by atoms with Crippen molar-refractivity contribution in [3.05, 3.63) is 24.0 Å². The number of hydrogen-bond acceptors (Lipinski definition) is 4. The van der Waals surface area contributed by atoms with Crippen LogP contribution >= 0.6 is 0 Å². The number of likely N-dealkylation sites (N-methyl/N-ethyl adjacent to an activating group) is 1. The minimum absolute atomic E-state index is 0.326. The third-order valence-corrected chi connectivity index (χ3v) is 3.98. The second-order valence-corrected chi connectivity index (χ2v) is 5.57. The monoisotopic (exact) mass is 262 g/mol. The zero-order chi connectivity index (χ0) is 13.8. The van der Waals surface area contributed by atoms with E-state index < -0.39 is 0 Å². The van der Waals surface area contributed by atoms with Crippen molar-refractivity contribution in [3.63, 3.8) is 0 Å². The molecule has 1 aliphatic heterocycles. The molecule has 0 radical (unpaired) electrons. The molecule has 19 heavy (non-hydrogen) atoms. The summed E-state index contributed by atoms with van der Waals surface area (Å²) in [6.07, 6.45) is 3.25. The van der Waals surface area contributed by atoms with Gasteiger partial charge in [0.15, 0.2) is 0 Å². The Morgan fingerprint density at radius 2 is 2.26 bits per heavy atom. The molecule has 0 aliphatic carbocycles. The Hall–Kier alpha value is -1.13. The number of pyridine rings is 1. The fourth-order valence-electron chi connectivity index (χ4n) is 2.65. The molecule has 1 fully saturated rings. The lowest BCUT2D eigenvalue weighted by Crippen LogP contribution is -2.31. The van der Waals surface area contributed by atoms with Gasteiger partial charge in [-0.3, -0.25) is 4.98 Å². The van der Waals surface area contributed by atoms with Crippen molar-refractivity contribution in [1.29, 1.82) is 0 Å². The maximum Gasteiger partial charge on any atom is 0.0572 e. The van der Waals surface area contributed by atoms with E-state index in [2.05, 4.69) is 60.2 Å². The van der Waals surface area contributed by atoms with E-state index in [4.69, 9.17) is 0 Å². The summed E-state index contributed by atoms with van der Waals surface area (Å²) in [5.74, 6) is 0. The standard InChI is InChI=1S/C15H26N4/c1-5-16-12(2)15-7-6-13(10-17-15)19-9-8-14(11-19)18(3)4/h6-7,10,12,14,16H,5,8-9,11H2,1-4H3. The lowest BCUT2D eigenvalue weighted by atomic mass is 10.2. The first-order chi connectivity index (χ1) is 9.11. The molecule has 0 bridgehead atoms. The van der Waals surface area contributed by atoms with E-state index in [1.807, 2.05) is 6.20 Å². The summed E-state index contributed by atoms with van der Waals surface area (Å²) >= 11 is 0. The number of hydrogen-bond donors (Lipinski definition) is 1. The Balaban J connectivity index is 1.99. The van der Waals surface area contributed by atoms with Gasteiger partial charge in [0.2, 0.25) is 0 Å². The van der Waals surface area contributed by atoms with E-state index in [0.29, 0.717) is 12.1 Å². The molecule has 1 aliphatic rings. The quantitative estimate of drug-likeness (QED) is 0.878. The normalized spacial score (nSPS) is 21.1. The molecule has 2 atom stereocenters. The maximum absolute atomic E-state index is 4.59. The van der Waals surface area contributed by atoms with Crippen LogP contribution in [-0.4, -0.2) is 49.7 Å². The summed E-state index contributed by atoms with van der Waals surface area (Å²) < 4.78 is 0. The van der Waals surface area contributed by atoms with Crippen molar-refractivity contribution in [1.82, 2.24) is 15.2 Å².